The number of aliphatic carboxylic acids is 1. The molecule has 0 radical (unpaired) electrons. The van der Waals surface area contributed by atoms with Crippen LogP contribution in [0.25, 0.3) is 0 Å². The summed E-state index contributed by atoms with van der Waals surface area (Å²) in [6, 6.07) is 8.24. The Morgan fingerprint density at radius 1 is 1.17 bits per heavy atom. The van der Waals surface area contributed by atoms with Crippen LogP contribution in [0.1, 0.15) is 58.6 Å². The van der Waals surface area contributed by atoms with Crippen molar-refractivity contribution in [2.24, 2.45) is 0 Å². The number of rotatable bonds is 14. The number of thiazole rings is 1. The molecule has 0 aliphatic heterocycles. The van der Waals surface area contributed by atoms with Crippen molar-refractivity contribution < 1.29 is 14.6 Å². The number of aromatic nitrogens is 1. The average molecular weight is 451 g/mol. The van der Waals surface area contributed by atoms with Crippen molar-refractivity contribution in [2.45, 2.75) is 68.4 Å². The molecule has 30 heavy (non-hydrogen) atoms. The van der Waals surface area contributed by atoms with E-state index in [9.17, 15) is 9.90 Å². The molecule has 1 aromatic carbocycles. The Labute approximate surface area is 188 Å². The van der Waals surface area contributed by atoms with Crippen LogP contribution >= 0.6 is 23.1 Å². The Morgan fingerprint density at radius 3 is 2.50 bits per heavy atom. The van der Waals surface area contributed by atoms with Crippen molar-refractivity contribution in [2.75, 3.05) is 25.1 Å². The maximum atomic E-state index is 11.4. The van der Waals surface area contributed by atoms with Gasteiger partial charge in [-0.3, -0.25) is 4.79 Å². The van der Waals surface area contributed by atoms with Gasteiger partial charge in [-0.2, -0.15) is 0 Å². The molecule has 0 atom stereocenters. The van der Waals surface area contributed by atoms with E-state index in [0.717, 1.165) is 35.3 Å². The Morgan fingerprint density at radius 2 is 1.87 bits per heavy atom. The van der Waals surface area contributed by atoms with Gasteiger partial charge in [-0.25, -0.2) is 4.98 Å². The summed E-state index contributed by atoms with van der Waals surface area (Å²) >= 11 is 2.84. The van der Waals surface area contributed by atoms with Crippen LogP contribution < -0.4 is 9.64 Å². The Hall–Kier alpha value is -1.73. The molecular weight excluding hydrogens is 416 g/mol. The van der Waals surface area contributed by atoms with Crippen LogP contribution in [0, 0.1) is 0 Å². The highest BCUT2D eigenvalue weighted by Gasteiger charge is 2.29. The van der Waals surface area contributed by atoms with Crippen LogP contribution in [0.3, 0.4) is 0 Å². The smallest absolute Gasteiger partial charge is 0.319 e. The lowest BCUT2D eigenvalue weighted by atomic mass is 10.1. The molecule has 0 spiro atoms. The number of thioether (sulfide) groups is 1. The second kappa shape index (κ2) is 12.2. The molecule has 166 valence electrons. The van der Waals surface area contributed by atoms with E-state index in [1.807, 2.05) is 17.5 Å². The number of hydrogen-bond donors (Lipinski definition) is 1. The van der Waals surface area contributed by atoms with E-state index in [-0.39, 0.29) is 0 Å². The molecule has 0 bridgehead atoms. The zero-order chi connectivity index (χ0) is 22.0. The average Bonchev–Trinajstić information content (AvgIpc) is 3.16. The summed E-state index contributed by atoms with van der Waals surface area (Å²) in [4.78, 5) is 18.4. The normalized spacial score (nSPS) is 11.5. The van der Waals surface area contributed by atoms with Gasteiger partial charge in [0.15, 0.2) is 4.34 Å². The van der Waals surface area contributed by atoms with Gasteiger partial charge in [0.2, 0.25) is 0 Å². The molecule has 0 saturated carbocycles. The highest BCUT2D eigenvalue weighted by Crippen LogP contribution is 2.34. The first-order valence-corrected chi connectivity index (χ1v) is 12.3. The molecule has 2 rings (SSSR count). The topological polar surface area (TPSA) is 62.7 Å². The standard InChI is InChI=1S/C23H34N2O3S2/c1-5-6-7-8-9-15-25(19-10-12-20(28-4)13-11-19)16-14-18-17-29-22(24-18)30-23(2,3)21(26)27/h10-13,17H,5-9,14-16H2,1-4H3,(H,26,27). The summed E-state index contributed by atoms with van der Waals surface area (Å²) in [7, 11) is 1.68. The van der Waals surface area contributed by atoms with E-state index >= 15 is 0 Å². The number of nitrogens with zero attached hydrogens (tertiary/aromatic N) is 2. The van der Waals surface area contributed by atoms with Crippen LogP contribution in [0.5, 0.6) is 5.75 Å². The number of benzene rings is 1. The van der Waals surface area contributed by atoms with Gasteiger partial charge in [-0.05, 0) is 44.5 Å². The predicted molar refractivity (Wildman–Crippen MR) is 127 cm³/mol. The number of ether oxygens (including phenoxy) is 1. The van der Waals surface area contributed by atoms with Gasteiger partial charge < -0.3 is 14.7 Å². The molecule has 0 amide bonds. The lowest BCUT2D eigenvalue weighted by Crippen LogP contribution is -2.27. The SMILES string of the molecule is CCCCCCCN(CCc1csc(SC(C)(C)C(=O)O)n1)c1ccc(OC)cc1. The summed E-state index contributed by atoms with van der Waals surface area (Å²) in [6.07, 6.45) is 7.11. The lowest BCUT2D eigenvalue weighted by Gasteiger charge is -2.25. The zero-order valence-corrected chi connectivity index (χ0v) is 20.2. The fourth-order valence-corrected chi connectivity index (χ4v) is 5.26. The van der Waals surface area contributed by atoms with Crippen LogP contribution in [0.2, 0.25) is 0 Å². The first kappa shape index (κ1) is 24.5. The number of carboxylic acids is 1. The Balaban J connectivity index is 1.98. The molecule has 7 heteroatoms. The van der Waals surface area contributed by atoms with Crippen LogP contribution in [-0.4, -0.2) is 41.0 Å². The number of carboxylic acid groups (broad SMARTS) is 1. The number of hydrogen-bond acceptors (Lipinski definition) is 6. The van der Waals surface area contributed by atoms with Crippen LogP contribution in [-0.2, 0) is 11.2 Å². The third-order valence-electron chi connectivity index (χ3n) is 5.00. The minimum absolute atomic E-state index is 0.813. The molecule has 0 fully saturated rings. The number of anilines is 1. The van der Waals surface area contributed by atoms with Crippen LogP contribution in [0.15, 0.2) is 34.0 Å². The minimum atomic E-state index is -0.872. The van der Waals surface area contributed by atoms with Gasteiger partial charge >= 0.3 is 5.97 Å². The highest BCUT2D eigenvalue weighted by atomic mass is 32.2. The van der Waals surface area contributed by atoms with E-state index < -0.39 is 10.7 Å². The molecule has 0 aliphatic carbocycles. The van der Waals surface area contributed by atoms with Gasteiger partial charge in [0, 0.05) is 30.6 Å². The van der Waals surface area contributed by atoms with E-state index in [2.05, 4.69) is 28.9 Å². The second-order valence-electron chi connectivity index (χ2n) is 7.87. The Kier molecular flexibility index (Phi) is 9.98. The number of unbranched alkanes of at least 4 members (excludes halogenated alkanes) is 4. The van der Waals surface area contributed by atoms with Crippen molar-refractivity contribution in [1.29, 1.82) is 0 Å². The third kappa shape index (κ3) is 7.84. The number of methoxy groups -OCH3 is 1. The van der Waals surface area contributed by atoms with Gasteiger partial charge in [0.05, 0.1) is 12.8 Å². The molecular formula is C23H34N2O3S2. The van der Waals surface area contributed by atoms with Crippen molar-refractivity contribution in [3.63, 3.8) is 0 Å². The molecule has 0 unspecified atom stereocenters. The maximum absolute atomic E-state index is 11.4. The summed E-state index contributed by atoms with van der Waals surface area (Å²) in [5.41, 5.74) is 2.22. The summed E-state index contributed by atoms with van der Waals surface area (Å²) in [5, 5.41) is 11.4. The van der Waals surface area contributed by atoms with E-state index in [1.165, 1.54) is 60.9 Å². The van der Waals surface area contributed by atoms with E-state index in [1.54, 1.807) is 21.0 Å². The van der Waals surface area contributed by atoms with Crippen molar-refractivity contribution in [3.8, 4) is 5.75 Å². The van der Waals surface area contributed by atoms with E-state index in [4.69, 9.17) is 4.74 Å². The quantitative estimate of drug-likeness (QED) is 0.276. The Bertz CT molecular complexity index is 775. The molecule has 0 aliphatic rings. The largest absolute Gasteiger partial charge is 0.497 e. The predicted octanol–water partition coefficient (Wildman–Crippen LogP) is 6.13. The van der Waals surface area contributed by atoms with Gasteiger partial charge in [-0.15, -0.1) is 11.3 Å². The summed E-state index contributed by atoms with van der Waals surface area (Å²) < 4.78 is 5.23. The summed E-state index contributed by atoms with van der Waals surface area (Å²) in [5.74, 6) is 0.0434. The summed E-state index contributed by atoms with van der Waals surface area (Å²) in [6.45, 7) is 7.57. The van der Waals surface area contributed by atoms with Crippen molar-refractivity contribution in [3.05, 3.63) is 35.3 Å². The van der Waals surface area contributed by atoms with Crippen molar-refractivity contribution in [1.82, 2.24) is 4.98 Å². The monoisotopic (exact) mass is 450 g/mol. The van der Waals surface area contributed by atoms with Crippen LogP contribution in [0.4, 0.5) is 5.69 Å². The molecule has 5 nitrogen and oxygen atoms in total. The first-order chi connectivity index (χ1) is 14.4. The zero-order valence-electron chi connectivity index (χ0n) is 18.5. The van der Waals surface area contributed by atoms with Gasteiger partial charge in [0.1, 0.15) is 10.5 Å². The maximum Gasteiger partial charge on any atom is 0.319 e. The molecule has 1 heterocycles. The number of carbonyl (C=O) groups is 1. The minimum Gasteiger partial charge on any atom is -0.497 e. The molecule has 1 N–H and O–H groups in total. The molecule has 1 aromatic heterocycles. The molecule has 2 aromatic rings. The first-order valence-electron chi connectivity index (χ1n) is 10.6. The van der Waals surface area contributed by atoms with E-state index in [0.29, 0.717) is 0 Å². The van der Waals surface area contributed by atoms with Gasteiger partial charge in [0.25, 0.3) is 0 Å². The highest BCUT2D eigenvalue weighted by molar-refractivity contribution is 8.02. The fourth-order valence-electron chi connectivity index (χ4n) is 3.03. The van der Waals surface area contributed by atoms with Gasteiger partial charge in [-0.1, -0.05) is 44.4 Å². The lowest BCUT2D eigenvalue weighted by molar-refractivity contribution is -0.138. The van der Waals surface area contributed by atoms with Crippen molar-refractivity contribution >= 4 is 34.8 Å². The molecule has 0 saturated heterocycles. The second-order valence-corrected chi connectivity index (χ2v) is 10.6. The third-order valence-corrected chi connectivity index (χ3v) is 7.17. The fraction of sp³-hybridized carbons (Fsp3) is 0.565.